The molecule has 2 atom stereocenters. The molecule has 0 aromatic rings. The van der Waals surface area contributed by atoms with Crippen molar-refractivity contribution < 1.29 is 0 Å². The SMILES string of the molecule is CCCC1CNC(C)(CC)CN1CC(CC)CC. The molecule has 0 aromatic heterocycles. The molecular weight excluding hydrogens is 220 g/mol. The van der Waals surface area contributed by atoms with E-state index in [4.69, 9.17) is 0 Å². The van der Waals surface area contributed by atoms with Crippen molar-refractivity contribution in [3.63, 3.8) is 0 Å². The second-order valence-corrected chi connectivity index (χ2v) is 6.35. The monoisotopic (exact) mass is 254 g/mol. The first-order chi connectivity index (χ1) is 8.58. The van der Waals surface area contributed by atoms with Gasteiger partial charge in [0.05, 0.1) is 0 Å². The summed E-state index contributed by atoms with van der Waals surface area (Å²) in [7, 11) is 0. The van der Waals surface area contributed by atoms with Gasteiger partial charge in [-0.3, -0.25) is 4.90 Å². The van der Waals surface area contributed by atoms with Crippen LogP contribution in [-0.2, 0) is 0 Å². The summed E-state index contributed by atoms with van der Waals surface area (Å²) in [5.41, 5.74) is 0.330. The minimum absolute atomic E-state index is 0.330. The normalized spacial score (nSPS) is 30.0. The third-order valence-corrected chi connectivity index (χ3v) is 4.88. The summed E-state index contributed by atoms with van der Waals surface area (Å²) < 4.78 is 0. The van der Waals surface area contributed by atoms with E-state index in [1.807, 2.05) is 0 Å². The van der Waals surface area contributed by atoms with E-state index >= 15 is 0 Å². The van der Waals surface area contributed by atoms with Crippen molar-refractivity contribution in [1.82, 2.24) is 10.2 Å². The van der Waals surface area contributed by atoms with Gasteiger partial charge < -0.3 is 5.32 Å². The molecule has 1 saturated heterocycles. The molecule has 2 unspecified atom stereocenters. The highest BCUT2D eigenvalue weighted by Crippen LogP contribution is 2.23. The predicted molar refractivity (Wildman–Crippen MR) is 81.0 cm³/mol. The minimum Gasteiger partial charge on any atom is -0.309 e. The zero-order valence-corrected chi connectivity index (χ0v) is 13.3. The summed E-state index contributed by atoms with van der Waals surface area (Å²) in [5.74, 6) is 0.878. The van der Waals surface area contributed by atoms with Gasteiger partial charge in [0, 0.05) is 31.2 Å². The Kier molecular flexibility index (Phi) is 6.65. The second-order valence-electron chi connectivity index (χ2n) is 6.35. The van der Waals surface area contributed by atoms with E-state index in [0.29, 0.717) is 5.54 Å². The van der Waals surface area contributed by atoms with E-state index < -0.39 is 0 Å². The summed E-state index contributed by atoms with van der Waals surface area (Å²) in [6, 6.07) is 0.759. The maximum atomic E-state index is 3.78. The van der Waals surface area contributed by atoms with Gasteiger partial charge in [0.1, 0.15) is 0 Å². The first kappa shape index (κ1) is 16.0. The number of piperazine rings is 1. The molecule has 1 aliphatic rings. The molecule has 2 nitrogen and oxygen atoms in total. The molecule has 0 bridgehead atoms. The van der Waals surface area contributed by atoms with Crippen LogP contribution in [0.2, 0.25) is 0 Å². The van der Waals surface area contributed by atoms with Crippen molar-refractivity contribution in [2.45, 2.75) is 78.3 Å². The van der Waals surface area contributed by atoms with Gasteiger partial charge in [-0.2, -0.15) is 0 Å². The van der Waals surface area contributed by atoms with Gasteiger partial charge in [-0.25, -0.2) is 0 Å². The second kappa shape index (κ2) is 7.49. The van der Waals surface area contributed by atoms with Crippen LogP contribution < -0.4 is 5.32 Å². The highest BCUT2D eigenvalue weighted by molar-refractivity contribution is 4.94. The number of rotatable bonds is 7. The van der Waals surface area contributed by atoms with Crippen LogP contribution in [0.4, 0.5) is 0 Å². The smallest absolute Gasteiger partial charge is 0.0278 e. The van der Waals surface area contributed by atoms with Gasteiger partial charge in [0.15, 0.2) is 0 Å². The maximum absolute atomic E-state index is 3.78. The Morgan fingerprint density at radius 2 is 1.89 bits per heavy atom. The maximum Gasteiger partial charge on any atom is 0.0278 e. The summed E-state index contributed by atoms with van der Waals surface area (Å²) >= 11 is 0. The van der Waals surface area contributed by atoms with Gasteiger partial charge in [0.2, 0.25) is 0 Å². The van der Waals surface area contributed by atoms with Crippen LogP contribution in [0.5, 0.6) is 0 Å². The van der Waals surface area contributed by atoms with Crippen molar-refractivity contribution in [3.05, 3.63) is 0 Å². The highest BCUT2D eigenvalue weighted by Gasteiger charge is 2.34. The van der Waals surface area contributed by atoms with Crippen LogP contribution in [0, 0.1) is 5.92 Å². The van der Waals surface area contributed by atoms with Crippen molar-refractivity contribution in [1.29, 1.82) is 0 Å². The minimum atomic E-state index is 0.330. The summed E-state index contributed by atoms with van der Waals surface area (Å²) in [6.45, 7) is 15.4. The van der Waals surface area contributed by atoms with Crippen molar-refractivity contribution in [2.24, 2.45) is 5.92 Å². The standard InChI is InChI=1S/C16H34N2/c1-6-10-15-11-17-16(5,9-4)13-18(15)12-14(7-2)8-3/h14-15,17H,6-13H2,1-5H3. The van der Waals surface area contributed by atoms with E-state index in [0.717, 1.165) is 12.0 Å². The molecule has 0 amide bonds. The molecule has 0 saturated carbocycles. The summed E-state index contributed by atoms with van der Waals surface area (Å²) in [5, 5.41) is 3.78. The van der Waals surface area contributed by atoms with Crippen LogP contribution in [-0.4, -0.2) is 36.1 Å². The Balaban J connectivity index is 2.65. The van der Waals surface area contributed by atoms with Gasteiger partial charge >= 0.3 is 0 Å². The van der Waals surface area contributed by atoms with E-state index in [-0.39, 0.29) is 0 Å². The topological polar surface area (TPSA) is 15.3 Å². The average molecular weight is 254 g/mol. The predicted octanol–water partition coefficient (Wildman–Crippen LogP) is 3.67. The number of hydrogen-bond donors (Lipinski definition) is 1. The van der Waals surface area contributed by atoms with Crippen LogP contribution in [0.25, 0.3) is 0 Å². The Bertz CT molecular complexity index is 225. The Hall–Kier alpha value is -0.0800. The van der Waals surface area contributed by atoms with Crippen LogP contribution >= 0.6 is 0 Å². The van der Waals surface area contributed by atoms with E-state index in [1.54, 1.807) is 0 Å². The highest BCUT2D eigenvalue weighted by atomic mass is 15.2. The third-order valence-electron chi connectivity index (χ3n) is 4.88. The summed E-state index contributed by atoms with van der Waals surface area (Å²) in [4.78, 5) is 2.78. The quantitative estimate of drug-likeness (QED) is 0.746. The molecule has 1 heterocycles. The fourth-order valence-corrected chi connectivity index (χ4v) is 3.07. The molecule has 0 aromatic carbocycles. The Morgan fingerprint density at radius 1 is 1.22 bits per heavy atom. The number of nitrogens with one attached hydrogen (secondary N) is 1. The number of nitrogens with zero attached hydrogens (tertiary/aromatic N) is 1. The lowest BCUT2D eigenvalue weighted by Gasteiger charge is -2.47. The molecule has 0 aliphatic carbocycles. The fraction of sp³-hybridized carbons (Fsp3) is 1.00. The average Bonchev–Trinajstić information content (AvgIpc) is 2.39. The first-order valence-corrected chi connectivity index (χ1v) is 8.07. The molecule has 1 aliphatic heterocycles. The Morgan fingerprint density at radius 3 is 2.39 bits per heavy atom. The third kappa shape index (κ3) is 4.24. The molecule has 18 heavy (non-hydrogen) atoms. The molecule has 108 valence electrons. The van der Waals surface area contributed by atoms with Crippen molar-refractivity contribution in [3.8, 4) is 0 Å². The zero-order chi connectivity index (χ0) is 13.6. The van der Waals surface area contributed by atoms with Gasteiger partial charge in [-0.05, 0) is 25.7 Å². The molecule has 2 heteroatoms. The van der Waals surface area contributed by atoms with Gasteiger partial charge in [-0.15, -0.1) is 0 Å². The lowest BCUT2D eigenvalue weighted by Crippen LogP contribution is -2.63. The molecule has 1 fully saturated rings. The Labute approximate surface area is 115 Å². The zero-order valence-electron chi connectivity index (χ0n) is 13.3. The van der Waals surface area contributed by atoms with Crippen LogP contribution in [0.3, 0.4) is 0 Å². The first-order valence-electron chi connectivity index (χ1n) is 8.07. The van der Waals surface area contributed by atoms with Crippen LogP contribution in [0.15, 0.2) is 0 Å². The summed E-state index contributed by atoms with van der Waals surface area (Å²) in [6.07, 6.45) is 6.51. The van der Waals surface area contributed by atoms with Crippen molar-refractivity contribution in [2.75, 3.05) is 19.6 Å². The van der Waals surface area contributed by atoms with E-state index in [9.17, 15) is 0 Å². The molecular formula is C16H34N2. The molecule has 0 spiro atoms. The van der Waals surface area contributed by atoms with Gasteiger partial charge in [-0.1, -0.05) is 47.0 Å². The number of hydrogen-bond acceptors (Lipinski definition) is 2. The molecule has 1 N–H and O–H groups in total. The lowest BCUT2D eigenvalue weighted by atomic mass is 9.90. The fourth-order valence-electron chi connectivity index (χ4n) is 3.07. The molecule has 0 radical (unpaired) electrons. The molecule has 1 rings (SSSR count). The van der Waals surface area contributed by atoms with Gasteiger partial charge in [0.25, 0.3) is 0 Å². The van der Waals surface area contributed by atoms with E-state index in [2.05, 4.69) is 44.8 Å². The van der Waals surface area contributed by atoms with E-state index in [1.165, 1.54) is 51.7 Å². The lowest BCUT2D eigenvalue weighted by molar-refractivity contribution is 0.0634. The van der Waals surface area contributed by atoms with Crippen molar-refractivity contribution >= 4 is 0 Å². The largest absolute Gasteiger partial charge is 0.309 e. The van der Waals surface area contributed by atoms with Crippen LogP contribution in [0.1, 0.15) is 66.7 Å².